The van der Waals surface area contributed by atoms with E-state index < -0.39 is 0 Å². The summed E-state index contributed by atoms with van der Waals surface area (Å²) in [6.07, 6.45) is 3.95. The number of likely N-dealkylation sites (N-methyl/N-ethyl adjacent to an activating group) is 1. The molecule has 0 spiro atoms. The molecule has 0 radical (unpaired) electrons. The fraction of sp³-hybridized carbons (Fsp3) is 0.412. The third kappa shape index (κ3) is 4.43. The molecule has 1 heterocycles. The van der Waals surface area contributed by atoms with Crippen LogP contribution >= 0.6 is 0 Å². The molecule has 0 amide bonds. The summed E-state index contributed by atoms with van der Waals surface area (Å²) in [6, 6.07) is 0. The van der Waals surface area contributed by atoms with Gasteiger partial charge in [-0.05, 0) is 39.1 Å². The minimum absolute atomic E-state index is 0.193. The van der Waals surface area contributed by atoms with Crippen LogP contribution in [0.2, 0.25) is 0 Å². The van der Waals surface area contributed by atoms with E-state index in [1.807, 2.05) is 58.7 Å². The Hall–Kier alpha value is -2.14. The number of hydrogen-bond donors (Lipinski definition) is 2. The van der Waals surface area contributed by atoms with E-state index in [4.69, 9.17) is 5.73 Å². The van der Waals surface area contributed by atoms with E-state index in [-0.39, 0.29) is 6.67 Å². The molecule has 3 N–H and O–H groups in total. The van der Waals surface area contributed by atoms with Crippen LogP contribution in [0, 0.1) is 0 Å². The first-order chi connectivity index (χ1) is 10.5. The Morgan fingerprint density at radius 2 is 2.00 bits per heavy atom. The third-order valence-corrected chi connectivity index (χ3v) is 3.22. The smallest absolute Gasteiger partial charge is 0.152 e. The van der Waals surface area contributed by atoms with Crippen LogP contribution in [-0.4, -0.2) is 31.2 Å². The minimum atomic E-state index is 0.193. The average Bonchev–Trinajstić information content (AvgIpc) is 2.61. The molecule has 0 aromatic heterocycles. The summed E-state index contributed by atoms with van der Waals surface area (Å²) in [4.78, 5) is 10.3. The molecule has 22 heavy (non-hydrogen) atoms. The molecule has 0 saturated heterocycles. The fourth-order valence-corrected chi connectivity index (χ4v) is 2.01. The first kappa shape index (κ1) is 19.9. The maximum Gasteiger partial charge on any atom is 0.152 e. The molecule has 0 unspecified atom stereocenters. The topological polar surface area (TPSA) is 66.0 Å². The monoisotopic (exact) mass is 303 g/mol. The van der Waals surface area contributed by atoms with E-state index in [1.54, 1.807) is 0 Å². The van der Waals surface area contributed by atoms with E-state index in [1.165, 1.54) is 0 Å². The Morgan fingerprint density at radius 3 is 2.45 bits per heavy atom. The van der Waals surface area contributed by atoms with E-state index in [0.29, 0.717) is 5.84 Å². The summed E-state index contributed by atoms with van der Waals surface area (Å²) in [7, 11) is 1.93. The highest BCUT2D eigenvalue weighted by Gasteiger charge is 2.23. The molecule has 0 aliphatic carbocycles. The lowest BCUT2D eigenvalue weighted by molar-refractivity contribution is 0.550. The van der Waals surface area contributed by atoms with Crippen molar-refractivity contribution in [2.45, 2.75) is 34.6 Å². The van der Waals surface area contributed by atoms with Crippen molar-refractivity contribution >= 4 is 12.6 Å². The van der Waals surface area contributed by atoms with E-state index >= 15 is 0 Å². The van der Waals surface area contributed by atoms with Crippen molar-refractivity contribution in [3.63, 3.8) is 0 Å². The van der Waals surface area contributed by atoms with Crippen LogP contribution in [0.3, 0.4) is 0 Å². The van der Waals surface area contributed by atoms with Gasteiger partial charge in [0.1, 0.15) is 5.70 Å². The molecule has 0 atom stereocenters. The number of hydrogen-bond acceptors (Lipinski definition) is 4. The predicted octanol–water partition coefficient (Wildman–Crippen LogP) is 3.16. The van der Waals surface area contributed by atoms with Gasteiger partial charge in [0.15, 0.2) is 5.84 Å². The van der Waals surface area contributed by atoms with Crippen molar-refractivity contribution in [2.24, 2.45) is 15.7 Å². The average molecular weight is 303 g/mol. The van der Waals surface area contributed by atoms with E-state index in [2.05, 4.69) is 28.6 Å². The van der Waals surface area contributed by atoms with Gasteiger partial charge in [0.2, 0.25) is 0 Å². The number of nitrogens with two attached hydrogens (primary N) is 1. The van der Waals surface area contributed by atoms with Crippen LogP contribution in [0.4, 0.5) is 0 Å². The van der Waals surface area contributed by atoms with Gasteiger partial charge in [-0.15, -0.1) is 0 Å². The van der Waals surface area contributed by atoms with Crippen LogP contribution in [0.15, 0.2) is 57.1 Å². The van der Waals surface area contributed by atoms with Gasteiger partial charge in [0, 0.05) is 18.4 Å². The van der Waals surface area contributed by atoms with Crippen molar-refractivity contribution in [3.8, 4) is 0 Å². The summed E-state index contributed by atoms with van der Waals surface area (Å²) in [5.41, 5.74) is 10.0. The lowest BCUT2D eigenvalue weighted by Gasteiger charge is -2.24. The summed E-state index contributed by atoms with van der Waals surface area (Å²) in [5.74, 6) is 0.672. The number of nitrogens with one attached hydrogen (secondary N) is 1. The van der Waals surface area contributed by atoms with Crippen molar-refractivity contribution in [1.29, 1.82) is 0 Å². The predicted molar refractivity (Wildman–Crippen MR) is 97.6 cm³/mol. The Kier molecular flexibility index (Phi) is 8.79. The molecule has 0 aromatic carbocycles. The fourth-order valence-electron chi connectivity index (χ4n) is 2.01. The van der Waals surface area contributed by atoms with Crippen molar-refractivity contribution in [3.05, 3.63) is 47.1 Å². The van der Waals surface area contributed by atoms with E-state index in [0.717, 1.165) is 28.4 Å². The zero-order valence-corrected chi connectivity index (χ0v) is 14.7. The number of allylic oxidation sites excluding steroid dienone is 4. The van der Waals surface area contributed by atoms with Gasteiger partial charge in [-0.2, -0.15) is 0 Å². The minimum Gasteiger partial charge on any atom is -0.340 e. The number of rotatable bonds is 3. The number of nitrogens with zero attached hydrogens (tertiary/aromatic N) is 3. The number of amidine groups is 1. The van der Waals surface area contributed by atoms with Gasteiger partial charge in [-0.1, -0.05) is 26.5 Å². The molecule has 1 aliphatic rings. The van der Waals surface area contributed by atoms with Crippen LogP contribution in [0.1, 0.15) is 34.6 Å². The SMILES string of the molecule is C=N/C(C)=C1\C(=N/CN)NC(/C=C\C)=C(C)C(=C)N1C.CC. The van der Waals surface area contributed by atoms with Gasteiger partial charge in [-0.3, -0.25) is 9.98 Å². The lowest BCUT2D eigenvalue weighted by atomic mass is 10.1. The highest BCUT2D eigenvalue weighted by Crippen LogP contribution is 2.26. The molecule has 1 rings (SSSR count). The third-order valence-electron chi connectivity index (χ3n) is 3.22. The highest BCUT2D eigenvalue weighted by molar-refractivity contribution is 6.00. The van der Waals surface area contributed by atoms with Crippen LogP contribution in [-0.2, 0) is 0 Å². The van der Waals surface area contributed by atoms with Gasteiger partial charge < -0.3 is 16.0 Å². The van der Waals surface area contributed by atoms with Gasteiger partial charge >= 0.3 is 0 Å². The van der Waals surface area contributed by atoms with Gasteiger partial charge in [-0.25, -0.2) is 0 Å². The number of aliphatic imine (C=N–C) groups is 2. The van der Waals surface area contributed by atoms with Crippen molar-refractivity contribution < 1.29 is 0 Å². The standard InChI is InChI=1S/C15H23N5.C2H6/c1-7-8-13-10(2)12(4)20(6)14(11(3)17-5)15(19-13)18-9-16;1-2/h7-8H,4-5,9,16H2,1-3,6H3,(H,18,19);1-2H3/b8-7-,14-11+;. The lowest BCUT2D eigenvalue weighted by Crippen LogP contribution is -2.30. The molecule has 122 valence electrons. The second-order valence-corrected chi connectivity index (χ2v) is 4.45. The Labute approximate surface area is 134 Å². The molecule has 5 heteroatoms. The van der Waals surface area contributed by atoms with Crippen molar-refractivity contribution in [1.82, 2.24) is 10.2 Å². The first-order valence-electron chi connectivity index (χ1n) is 7.44. The molecule has 5 nitrogen and oxygen atoms in total. The summed E-state index contributed by atoms with van der Waals surface area (Å²) >= 11 is 0. The Balaban J connectivity index is 0.00000211. The quantitative estimate of drug-likeness (QED) is 0.787. The van der Waals surface area contributed by atoms with E-state index in [9.17, 15) is 0 Å². The van der Waals surface area contributed by atoms with Gasteiger partial charge in [0.05, 0.1) is 12.4 Å². The van der Waals surface area contributed by atoms with Crippen molar-refractivity contribution in [2.75, 3.05) is 13.7 Å². The zero-order chi connectivity index (χ0) is 17.3. The maximum absolute atomic E-state index is 5.58. The first-order valence-corrected chi connectivity index (χ1v) is 7.44. The molecule has 0 saturated carbocycles. The Morgan fingerprint density at radius 1 is 1.41 bits per heavy atom. The van der Waals surface area contributed by atoms with Crippen LogP contribution in [0.25, 0.3) is 0 Å². The highest BCUT2D eigenvalue weighted by atomic mass is 15.2. The largest absolute Gasteiger partial charge is 0.340 e. The zero-order valence-electron chi connectivity index (χ0n) is 14.7. The normalized spacial score (nSPS) is 19.7. The second-order valence-electron chi connectivity index (χ2n) is 4.45. The summed E-state index contributed by atoms with van der Waals surface area (Å²) < 4.78 is 0. The van der Waals surface area contributed by atoms with Crippen LogP contribution < -0.4 is 11.1 Å². The molecule has 1 aliphatic heterocycles. The molecule has 0 bridgehead atoms. The molecule has 0 fully saturated rings. The molecular weight excluding hydrogens is 274 g/mol. The molecule has 0 aromatic rings. The second kappa shape index (κ2) is 9.73. The molecular formula is C17H29N5. The summed E-state index contributed by atoms with van der Waals surface area (Å²) in [6.45, 7) is 17.8. The maximum atomic E-state index is 5.58. The Bertz CT molecular complexity index is 535. The van der Waals surface area contributed by atoms with Gasteiger partial charge in [0.25, 0.3) is 0 Å². The summed E-state index contributed by atoms with van der Waals surface area (Å²) in [5, 5.41) is 3.31. The van der Waals surface area contributed by atoms with Crippen LogP contribution in [0.5, 0.6) is 0 Å².